The summed E-state index contributed by atoms with van der Waals surface area (Å²) in [5.41, 5.74) is 3.24. The van der Waals surface area contributed by atoms with E-state index in [4.69, 9.17) is 0 Å². The molecule has 0 unspecified atom stereocenters. The smallest absolute Gasteiger partial charge is 0.329 e. The minimum absolute atomic E-state index is 0.153. The highest BCUT2D eigenvalue weighted by molar-refractivity contribution is 6.12. The average Bonchev–Trinajstić information content (AvgIpc) is 3.05. The number of anilines is 1. The number of hydrogen-bond acceptors (Lipinski definition) is 3. The summed E-state index contributed by atoms with van der Waals surface area (Å²) in [6, 6.07) is 15.1. The molecular formula is C23H22N4O3. The van der Waals surface area contributed by atoms with Crippen molar-refractivity contribution in [1.82, 2.24) is 14.1 Å². The van der Waals surface area contributed by atoms with Crippen LogP contribution in [0.15, 0.2) is 64.3 Å². The van der Waals surface area contributed by atoms with Crippen molar-refractivity contribution in [3.63, 3.8) is 0 Å². The number of nitrogens with one attached hydrogen (secondary N) is 2. The van der Waals surface area contributed by atoms with E-state index >= 15 is 0 Å². The van der Waals surface area contributed by atoms with Crippen LogP contribution >= 0.6 is 0 Å². The van der Waals surface area contributed by atoms with Gasteiger partial charge in [-0.1, -0.05) is 42.5 Å². The van der Waals surface area contributed by atoms with Gasteiger partial charge in [0.05, 0.1) is 17.6 Å². The number of aromatic nitrogens is 3. The van der Waals surface area contributed by atoms with Crippen molar-refractivity contribution >= 4 is 22.6 Å². The van der Waals surface area contributed by atoms with Gasteiger partial charge in [0.25, 0.3) is 11.5 Å². The highest BCUT2D eigenvalue weighted by Crippen LogP contribution is 2.20. The van der Waals surface area contributed by atoms with Crippen LogP contribution in [0.2, 0.25) is 0 Å². The summed E-state index contributed by atoms with van der Waals surface area (Å²) >= 11 is 0. The van der Waals surface area contributed by atoms with E-state index in [1.54, 1.807) is 17.8 Å². The number of fused-ring (bicyclic) bond motifs is 1. The Morgan fingerprint density at radius 3 is 2.53 bits per heavy atom. The van der Waals surface area contributed by atoms with Crippen LogP contribution in [0.1, 0.15) is 27.0 Å². The van der Waals surface area contributed by atoms with E-state index in [-0.39, 0.29) is 29.0 Å². The second kappa shape index (κ2) is 7.51. The van der Waals surface area contributed by atoms with Crippen molar-refractivity contribution in [3.8, 4) is 0 Å². The Balaban J connectivity index is 1.78. The molecule has 0 bridgehead atoms. The molecule has 7 nitrogen and oxygen atoms in total. The van der Waals surface area contributed by atoms with Gasteiger partial charge in [0.2, 0.25) is 0 Å². The Bertz CT molecular complexity index is 1380. The molecule has 2 heterocycles. The number of nitrogens with zero attached hydrogens (tertiary/aromatic N) is 2. The first-order chi connectivity index (χ1) is 14.3. The monoisotopic (exact) mass is 402 g/mol. The predicted octanol–water partition coefficient (Wildman–Crippen LogP) is 2.95. The normalized spacial score (nSPS) is 11.0. The van der Waals surface area contributed by atoms with Crippen LogP contribution in [0.4, 0.5) is 5.69 Å². The minimum atomic E-state index is -0.552. The third-order valence-electron chi connectivity index (χ3n) is 5.18. The van der Waals surface area contributed by atoms with Crippen LogP contribution in [0.5, 0.6) is 0 Å². The molecule has 0 saturated heterocycles. The lowest BCUT2D eigenvalue weighted by Gasteiger charge is -2.09. The molecule has 4 rings (SSSR count). The Labute approximate surface area is 172 Å². The SMILES string of the molecule is Cc1ccc(C)c(NC(=O)c2cn(C)c3c(=O)n(Cc4ccccc4)c(=O)[nH]c23)c1. The molecule has 0 atom stereocenters. The molecule has 1 amide bonds. The van der Waals surface area contributed by atoms with Gasteiger partial charge in [0.1, 0.15) is 5.52 Å². The van der Waals surface area contributed by atoms with E-state index in [1.165, 1.54) is 0 Å². The Morgan fingerprint density at radius 2 is 1.80 bits per heavy atom. The van der Waals surface area contributed by atoms with Gasteiger partial charge < -0.3 is 14.9 Å². The first-order valence-electron chi connectivity index (χ1n) is 9.60. The van der Waals surface area contributed by atoms with Gasteiger partial charge in [-0.05, 0) is 36.6 Å². The topological polar surface area (TPSA) is 88.9 Å². The molecule has 0 radical (unpaired) electrons. The predicted molar refractivity (Wildman–Crippen MR) is 117 cm³/mol. The molecule has 0 fully saturated rings. The molecule has 152 valence electrons. The summed E-state index contributed by atoms with van der Waals surface area (Å²) in [7, 11) is 1.68. The van der Waals surface area contributed by atoms with Crippen LogP contribution in [-0.4, -0.2) is 20.0 Å². The number of hydrogen-bond donors (Lipinski definition) is 2. The zero-order valence-electron chi connectivity index (χ0n) is 17.0. The second-order valence-corrected chi connectivity index (χ2v) is 7.46. The minimum Gasteiger partial charge on any atom is -0.344 e. The summed E-state index contributed by atoms with van der Waals surface area (Å²) in [4.78, 5) is 41.4. The maximum absolute atomic E-state index is 13.1. The van der Waals surface area contributed by atoms with Crippen molar-refractivity contribution in [3.05, 3.63) is 97.8 Å². The van der Waals surface area contributed by atoms with Crippen LogP contribution in [-0.2, 0) is 13.6 Å². The quantitative estimate of drug-likeness (QED) is 0.550. The molecule has 2 N–H and O–H groups in total. The van der Waals surface area contributed by atoms with E-state index in [2.05, 4.69) is 10.3 Å². The largest absolute Gasteiger partial charge is 0.344 e. The number of rotatable bonds is 4. The number of carbonyl (C=O) groups is 1. The molecule has 0 aliphatic heterocycles. The lowest BCUT2D eigenvalue weighted by molar-refractivity contribution is 0.102. The summed E-state index contributed by atoms with van der Waals surface area (Å²) in [6.07, 6.45) is 1.56. The van der Waals surface area contributed by atoms with E-state index in [0.29, 0.717) is 5.69 Å². The molecule has 4 aromatic rings. The van der Waals surface area contributed by atoms with Gasteiger partial charge in [0, 0.05) is 18.9 Å². The molecule has 0 aliphatic carbocycles. The van der Waals surface area contributed by atoms with Crippen LogP contribution < -0.4 is 16.6 Å². The highest BCUT2D eigenvalue weighted by Gasteiger charge is 2.20. The van der Waals surface area contributed by atoms with Crippen molar-refractivity contribution in [1.29, 1.82) is 0 Å². The standard InChI is InChI=1S/C23H22N4O3/c1-14-9-10-15(2)18(11-14)24-21(28)17-13-26(3)20-19(17)25-23(30)27(22(20)29)12-16-7-5-4-6-8-16/h4-11,13H,12H2,1-3H3,(H,24,28)(H,25,30). The third kappa shape index (κ3) is 3.45. The number of benzene rings is 2. The van der Waals surface area contributed by atoms with Gasteiger partial charge in [0.15, 0.2) is 0 Å². The molecule has 2 aromatic carbocycles. The van der Waals surface area contributed by atoms with E-state index in [1.807, 2.05) is 62.4 Å². The van der Waals surface area contributed by atoms with Gasteiger partial charge in [-0.3, -0.25) is 14.2 Å². The Kier molecular flexibility index (Phi) is 4.87. The molecule has 0 aliphatic rings. The zero-order chi connectivity index (χ0) is 21.4. The first-order valence-corrected chi connectivity index (χ1v) is 9.60. The molecule has 30 heavy (non-hydrogen) atoms. The van der Waals surface area contributed by atoms with E-state index < -0.39 is 11.2 Å². The first kappa shape index (κ1) is 19.4. The van der Waals surface area contributed by atoms with Gasteiger partial charge in [-0.15, -0.1) is 0 Å². The summed E-state index contributed by atoms with van der Waals surface area (Å²) in [5.74, 6) is -0.384. The summed E-state index contributed by atoms with van der Waals surface area (Å²) in [6.45, 7) is 4.00. The highest BCUT2D eigenvalue weighted by atomic mass is 16.2. The maximum Gasteiger partial charge on any atom is 0.329 e. The fraction of sp³-hybridized carbons (Fsp3) is 0.174. The third-order valence-corrected chi connectivity index (χ3v) is 5.18. The average molecular weight is 402 g/mol. The Hall–Kier alpha value is -3.87. The van der Waals surface area contributed by atoms with E-state index in [0.717, 1.165) is 21.3 Å². The lowest BCUT2D eigenvalue weighted by atomic mass is 10.1. The second-order valence-electron chi connectivity index (χ2n) is 7.46. The summed E-state index contributed by atoms with van der Waals surface area (Å²) < 4.78 is 2.72. The fourth-order valence-electron chi connectivity index (χ4n) is 3.55. The Morgan fingerprint density at radius 1 is 1.07 bits per heavy atom. The van der Waals surface area contributed by atoms with Crippen molar-refractivity contribution in [2.45, 2.75) is 20.4 Å². The van der Waals surface area contributed by atoms with Crippen molar-refractivity contribution in [2.24, 2.45) is 7.05 Å². The number of carbonyl (C=O) groups excluding carboxylic acids is 1. The molecular weight excluding hydrogens is 380 g/mol. The molecule has 7 heteroatoms. The van der Waals surface area contributed by atoms with E-state index in [9.17, 15) is 14.4 Å². The molecule has 0 saturated carbocycles. The molecule has 0 spiro atoms. The van der Waals surface area contributed by atoms with Crippen LogP contribution in [0, 0.1) is 13.8 Å². The number of aryl methyl sites for hydroxylation is 3. The van der Waals surface area contributed by atoms with Crippen LogP contribution in [0.25, 0.3) is 11.0 Å². The van der Waals surface area contributed by atoms with Crippen LogP contribution in [0.3, 0.4) is 0 Å². The van der Waals surface area contributed by atoms with Gasteiger partial charge in [-0.25, -0.2) is 4.79 Å². The van der Waals surface area contributed by atoms with Gasteiger partial charge in [-0.2, -0.15) is 0 Å². The fourth-order valence-corrected chi connectivity index (χ4v) is 3.55. The van der Waals surface area contributed by atoms with Crippen molar-refractivity contribution < 1.29 is 4.79 Å². The number of H-pyrrole nitrogens is 1. The number of amides is 1. The maximum atomic E-state index is 13.1. The molecule has 2 aromatic heterocycles. The van der Waals surface area contributed by atoms with Gasteiger partial charge >= 0.3 is 5.69 Å². The lowest BCUT2D eigenvalue weighted by Crippen LogP contribution is -2.36. The zero-order valence-corrected chi connectivity index (χ0v) is 17.0. The number of aromatic amines is 1. The van der Waals surface area contributed by atoms with Crippen molar-refractivity contribution in [2.75, 3.05) is 5.32 Å². The summed E-state index contributed by atoms with van der Waals surface area (Å²) in [5, 5.41) is 2.88.